The van der Waals surface area contributed by atoms with Gasteiger partial charge in [0.15, 0.2) is 5.76 Å². The van der Waals surface area contributed by atoms with Gasteiger partial charge in [0.1, 0.15) is 5.69 Å². The average Bonchev–Trinajstić information content (AvgIpc) is 2.70. The first kappa shape index (κ1) is 9.24. The Hall–Kier alpha value is -1.32. The van der Waals surface area contributed by atoms with Crippen molar-refractivity contribution in [2.24, 2.45) is 5.73 Å². The van der Waals surface area contributed by atoms with Crippen LogP contribution in [0.5, 0.6) is 0 Å². The van der Waals surface area contributed by atoms with E-state index >= 15 is 0 Å². The second-order valence-corrected chi connectivity index (χ2v) is 3.26. The van der Waals surface area contributed by atoms with Crippen LogP contribution in [0.3, 0.4) is 0 Å². The molecule has 0 saturated heterocycles. The van der Waals surface area contributed by atoms with Gasteiger partial charge in [-0.05, 0) is 23.8 Å². The predicted molar refractivity (Wildman–Crippen MR) is 54.8 cm³/mol. The van der Waals surface area contributed by atoms with E-state index in [9.17, 15) is 0 Å². The second-order valence-electron chi connectivity index (χ2n) is 2.86. The summed E-state index contributed by atoms with van der Waals surface area (Å²) in [5.41, 5.74) is 7.02. The highest BCUT2D eigenvalue weighted by atomic mass is 35.5. The number of halogens is 1. The average molecular weight is 209 g/mol. The van der Waals surface area contributed by atoms with Crippen molar-refractivity contribution >= 4 is 11.6 Å². The smallest absolute Gasteiger partial charge is 0.153 e. The molecule has 2 rings (SSSR count). The molecule has 0 radical (unpaired) electrons. The third-order valence-electron chi connectivity index (χ3n) is 1.89. The molecule has 2 heterocycles. The summed E-state index contributed by atoms with van der Waals surface area (Å²) in [6, 6.07) is 5.41. The Balaban J connectivity index is 2.46. The van der Waals surface area contributed by atoms with Crippen LogP contribution in [0.25, 0.3) is 11.5 Å². The van der Waals surface area contributed by atoms with Crippen molar-refractivity contribution in [2.45, 2.75) is 6.54 Å². The highest BCUT2D eigenvalue weighted by Crippen LogP contribution is 2.26. The molecule has 0 bridgehead atoms. The molecule has 0 aliphatic carbocycles. The number of hydrogen-bond donors (Lipinski definition) is 1. The molecule has 3 nitrogen and oxygen atoms in total. The minimum absolute atomic E-state index is 0.436. The molecule has 0 amide bonds. The highest BCUT2D eigenvalue weighted by molar-refractivity contribution is 6.32. The van der Waals surface area contributed by atoms with Gasteiger partial charge in [-0.3, -0.25) is 4.98 Å². The Morgan fingerprint density at radius 1 is 1.50 bits per heavy atom. The van der Waals surface area contributed by atoms with Gasteiger partial charge >= 0.3 is 0 Å². The van der Waals surface area contributed by atoms with Gasteiger partial charge in [0.05, 0.1) is 11.3 Å². The molecule has 72 valence electrons. The lowest BCUT2D eigenvalue weighted by molar-refractivity contribution is 0.580. The van der Waals surface area contributed by atoms with Crippen molar-refractivity contribution in [2.75, 3.05) is 0 Å². The Labute approximate surface area is 86.5 Å². The Morgan fingerprint density at radius 2 is 2.36 bits per heavy atom. The van der Waals surface area contributed by atoms with Gasteiger partial charge in [0.25, 0.3) is 0 Å². The summed E-state index contributed by atoms with van der Waals surface area (Å²) in [4.78, 5) is 4.19. The zero-order chi connectivity index (χ0) is 9.97. The molecule has 14 heavy (non-hydrogen) atoms. The summed E-state index contributed by atoms with van der Waals surface area (Å²) in [6.07, 6.45) is 3.29. The van der Waals surface area contributed by atoms with Crippen molar-refractivity contribution < 1.29 is 4.42 Å². The molecule has 0 aliphatic heterocycles. The van der Waals surface area contributed by atoms with E-state index < -0.39 is 0 Å². The fourth-order valence-corrected chi connectivity index (χ4v) is 1.47. The van der Waals surface area contributed by atoms with E-state index in [4.69, 9.17) is 21.8 Å². The monoisotopic (exact) mass is 208 g/mol. The quantitative estimate of drug-likeness (QED) is 0.825. The van der Waals surface area contributed by atoms with Gasteiger partial charge in [-0.25, -0.2) is 0 Å². The summed E-state index contributed by atoms with van der Waals surface area (Å²) < 4.78 is 5.20. The number of pyridine rings is 1. The molecular weight excluding hydrogens is 200 g/mol. The SMILES string of the molecule is NCc1cnc(-c2ccco2)c(Cl)c1. The van der Waals surface area contributed by atoms with Gasteiger partial charge in [0.2, 0.25) is 0 Å². The summed E-state index contributed by atoms with van der Waals surface area (Å²) in [7, 11) is 0. The summed E-state index contributed by atoms with van der Waals surface area (Å²) in [6.45, 7) is 0.436. The van der Waals surface area contributed by atoms with Crippen LogP contribution in [0.1, 0.15) is 5.56 Å². The van der Waals surface area contributed by atoms with Crippen molar-refractivity contribution in [3.63, 3.8) is 0 Å². The van der Waals surface area contributed by atoms with Gasteiger partial charge in [-0.1, -0.05) is 11.6 Å². The molecule has 0 aliphatic rings. The first-order chi connectivity index (χ1) is 6.81. The minimum Gasteiger partial charge on any atom is -0.463 e. The molecule has 2 N–H and O–H groups in total. The van der Waals surface area contributed by atoms with Gasteiger partial charge in [0, 0.05) is 12.7 Å². The van der Waals surface area contributed by atoms with Crippen LogP contribution in [0.4, 0.5) is 0 Å². The van der Waals surface area contributed by atoms with Crippen molar-refractivity contribution in [3.8, 4) is 11.5 Å². The highest BCUT2D eigenvalue weighted by Gasteiger charge is 2.07. The first-order valence-corrected chi connectivity index (χ1v) is 4.57. The molecule has 0 fully saturated rings. The minimum atomic E-state index is 0.436. The standard InChI is InChI=1S/C10H9ClN2O/c11-8-4-7(5-12)6-13-10(8)9-2-1-3-14-9/h1-4,6H,5,12H2. The van der Waals surface area contributed by atoms with Crippen LogP contribution in [0.2, 0.25) is 5.02 Å². The van der Waals surface area contributed by atoms with E-state index in [0.29, 0.717) is 23.0 Å². The van der Waals surface area contributed by atoms with Crippen LogP contribution in [-0.4, -0.2) is 4.98 Å². The maximum absolute atomic E-state index is 6.02. The molecule has 2 aromatic heterocycles. The van der Waals surface area contributed by atoms with Crippen LogP contribution >= 0.6 is 11.6 Å². The largest absolute Gasteiger partial charge is 0.463 e. The van der Waals surface area contributed by atoms with E-state index in [1.54, 1.807) is 24.6 Å². The van der Waals surface area contributed by atoms with Crippen LogP contribution < -0.4 is 5.73 Å². The lowest BCUT2D eigenvalue weighted by Crippen LogP contribution is -1.97. The summed E-state index contributed by atoms with van der Waals surface area (Å²) in [5.74, 6) is 0.665. The Kier molecular flexibility index (Phi) is 2.52. The van der Waals surface area contributed by atoms with Gasteiger partial charge in [-0.2, -0.15) is 0 Å². The topological polar surface area (TPSA) is 52.0 Å². The van der Waals surface area contributed by atoms with Crippen molar-refractivity contribution in [1.82, 2.24) is 4.98 Å². The maximum Gasteiger partial charge on any atom is 0.153 e. The molecule has 0 atom stereocenters. The molecular formula is C10H9ClN2O. The summed E-state index contributed by atoms with van der Waals surface area (Å²) in [5, 5.41) is 0.558. The lowest BCUT2D eigenvalue weighted by atomic mass is 10.2. The Morgan fingerprint density at radius 3 is 2.93 bits per heavy atom. The van der Waals surface area contributed by atoms with Crippen LogP contribution in [0, 0.1) is 0 Å². The van der Waals surface area contributed by atoms with Crippen molar-refractivity contribution in [3.05, 3.63) is 41.2 Å². The number of rotatable bonds is 2. The van der Waals surface area contributed by atoms with E-state index in [2.05, 4.69) is 4.98 Å². The fraction of sp³-hybridized carbons (Fsp3) is 0.100. The third-order valence-corrected chi connectivity index (χ3v) is 2.18. The van der Waals surface area contributed by atoms with E-state index in [0.717, 1.165) is 5.56 Å². The molecule has 2 aromatic rings. The van der Waals surface area contributed by atoms with Crippen LogP contribution in [-0.2, 0) is 6.54 Å². The summed E-state index contributed by atoms with van der Waals surface area (Å²) >= 11 is 6.02. The fourth-order valence-electron chi connectivity index (χ4n) is 1.18. The normalized spacial score (nSPS) is 10.4. The number of nitrogens with two attached hydrogens (primary N) is 1. The molecule has 0 spiro atoms. The third kappa shape index (κ3) is 1.64. The predicted octanol–water partition coefficient (Wildman–Crippen LogP) is 2.45. The van der Waals surface area contributed by atoms with E-state index in [1.807, 2.05) is 6.07 Å². The number of hydrogen-bond acceptors (Lipinski definition) is 3. The van der Waals surface area contributed by atoms with Crippen LogP contribution in [0.15, 0.2) is 35.1 Å². The van der Waals surface area contributed by atoms with Crippen molar-refractivity contribution in [1.29, 1.82) is 0 Å². The Bertz CT molecular complexity index is 426. The number of aromatic nitrogens is 1. The number of nitrogens with zero attached hydrogens (tertiary/aromatic N) is 1. The number of furan rings is 1. The zero-order valence-electron chi connectivity index (χ0n) is 7.40. The zero-order valence-corrected chi connectivity index (χ0v) is 8.16. The van der Waals surface area contributed by atoms with Gasteiger partial charge in [-0.15, -0.1) is 0 Å². The molecule has 4 heteroatoms. The van der Waals surface area contributed by atoms with E-state index in [-0.39, 0.29) is 0 Å². The first-order valence-electron chi connectivity index (χ1n) is 4.19. The maximum atomic E-state index is 6.02. The van der Waals surface area contributed by atoms with Gasteiger partial charge < -0.3 is 10.2 Å². The molecule has 0 saturated carbocycles. The second kappa shape index (κ2) is 3.82. The molecule has 0 unspecified atom stereocenters. The van der Waals surface area contributed by atoms with E-state index in [1.165, 1.54) is 0 Å². The lowest BCUT2D eigenvalue weighted by Gasteiger charge is -2.01. The molecule has 0 aromatic carbocycles.